The van der Waals surface area contributed by atoms with Crippen molar-refractivity contribution in [3.05, 3.63) is 51.9 Å². The Labute approximate surface area is 221 Å². The lowest BCUT2D eigenvalue weighted by Crippen LogP contribution is -2.23. The number of carboxylic acids is 1. The van der Waals surface area contributed by atoms with Crippen LogP contribution in [0.15, 0.2) is 24.3 Å². The zero-order valence-electron chi connectivity index (χ0n) is 21.2. The Morgan fingerprint density at radius 1 is 1.14 bits per heavy atom. The molecule has 5 rings (SSSR count). The Bertz CT molecular complexity index is 1370. The van der Waals surface area contributed by atoms with E-state index in [1.807, 2.05) is 26.0 Å². The summed E-state index contributed by atoms with van der Waals surface area (Å²) >= 11 is 5.93. The number of fused-ring (bicyclic) bond motifs is 2. The van der Waals surface area contributed by atoms with Gasteiger partial charge in [-0.05, 0) is 62.3 Å². The van der Waals surface area contributed by atoms with E-state index in [4.69, 9.17) is 21.6 Å². The summed E-state index contributed by atoms with van der Waals surface area (Å²) in [6.45, 7) is 5.74. The SMILES string of the molecule is Cc1cc([C@@H](C)Nc2ccc(Cl)nc2C(=O)O)c2nc(N3CC4CCCCCCC4C3)c(C#N)nc2c1. The number of anilines is 2. The van der Waals surface area contributed by atoms with Crippen LogP contribution in [0.25, 0.3) is 11.0 Å². The number of nitrogens with one attached hydrogen (secondary N) is 1. The summed E-state index contributed by atoms with van der Waals surface area (Å²) in [5.74, 6) is 0.760. The third kappa shape index (κ3) is 5.19. The van der Waals surface area contributed by atoms with Crippen molar-refractivity contribution in [1.29, 1.82) is 5.26 Å². The summed E-state index contributed by atoms with van der Waals surface area (Å²) in [7, 11) is 0. The molecule has 2 aliphatic rings. The molecule has 1 aromatic carbocycles. The molecule has 3 atom stereocenters. The second-order valence-electron chi connectivity index (χ2n) is 10.3. The van der Waals surface area contributed by atoms with Gasteiger partial charge < -0.3 is 15.3 Å². The van der Waals surface area contributed by atoms with Gasteiger partial charge in [0.15, 0.2) is 17.2 Å². The van der Waals surface area contributed by atoms with Crippen LogP contribution in [-0.2, 0) is 0 Å². The van der Waals surface area contributed by atoms with Gasteiger partial charge in [-0.3, -0.25) is 0 Å². The number of nitrogens with zero attached hydrogens (tertiary/aromatic N) is 5. The van der Waals surface area contributed by atoms with Gasteiger partial charge in [0, 0.05) is 18.7 Å². The van der Waals surface area contributed by atoms with Gasteiger partial charge in [0.2, 0.25) is 0 Å². The fourth-order valence-electron chi connectivity index (χ4n) is 5.91. The number of hydrogen-bond acceptors (Lipinski definition) is 7. The van der Waals surface area contributed by atoms with Gasteiger partial charge >= 0.3 is 5.97 Å². The third-order valence-electron chi connectivity index (χ3n) is 7.71. The summed E-state index contributed by atoms with van der Waals surface area (Å²) in [6, 6.07) is 9.14. The normalized spacial score (nSPS) is 20.5. The highest BCUT2D eigenvalue weighted by Crippen LogP contribution is 2.38. The van der Waals surface area contributed by atoms with Gasteiger partial charge in [0.05, 0.1) is 22.8 Å². The van der Waals surface area contributed by atoms with Gasteiger partial charge in [-0.15, -0.1) is 0 Å². The van der Waals surface area contributed by atoms with E-state index in [0.29, 0.717) is 40.1 Å². The molecule has 0 radical (unpaired) electrons. The summed E-state index contributed by atoms with van der Waals surface area (Å²) in [5, 5.41) is 23.0. The van der Waals surface area contributed by atoms with Crippen molar-refractivity contribution in [3.63, 3.8) is 0 Å². The van der Waals surface area contributed by atoms with Gasteiger partial charge in [0.1, 0.15) is 11.2 Å². The maximum Gasteiger partial charge on any atom is 0.356 e. The number of aromatic nitrogens is 3. The maximum absolute atomic E-state index is 11.8. The predicted octanol–water partition coefficient (Wildman–Crippen LogP) is 6.14. The molecule has 2 N–H and O–H groups in total. The predicted molar refractivity (Wildman–Crippen MR) is 144 cm³/mol. The monoisotopic (exact) mass is 518 g/mol. The van der Waals surface area contributed by atoms with Crippen LogP contribution in [-0.4, -0.2) is 39.1 Å². The Morgan fingerprint density at radius 2 is 1.84 bits per heavy atom. The number of pyridine rings is 1. The first-order valence-corrected chi connectivity index (χ1v) is 13.4. The number of benzene rings is 1. The van der Waals surface area contributed by atoms with Crippen molar-refractivity contribution >= 4 is 40.1 Å². The molecule has 2 aromatic heterocycles. The molecule has 1 saturated heterocycles. The molecule has 9 heteroatoms. The highest BCUT2D eigenvalue weighted by molar-refractivity contribution is 6.29. The Hall–Kier alpha value is -3.44. The van der Waals surface area contributed by atoms with Gasteiger partial charge in [0.25, 0.3) is 0 Å². The minimum Gasteiger partial charge on any atom is -0.476 e. The zero-order chi connectivity index (χ0) is 26.1. The molecule has 192 valence electrons. The van der Waals surface area contributed by atoms with E-state index in [2.05, 4.69) is 21.3 Å². The van der Waals surface area contributed by atoms with Crippen molar-refractivity contribution in [3.8, 4) is 6.07 Å². The molecule has 37 heavy (non-hydrogen) atoms. The lowest BCUT2D eigenvalue weighted by atomic mass is 9.84. The fourth-order valence-corrected chi connectivity index (χ4v) is 6.05. The first-order valence-electron chi connectivity index (χ1n) is 13.0. The third-order valence-corrected chi connectivity index (χ3v) is 7.92. The summed E-state index contributed by atoms with van der Waals surface area (Å²) in [4.78, 5) is 27.8. The number of carbonyl (C=O) groups is 1. The van der Waals surface area contributed by atoms with Crippen molar-refractivity contribution in [2.24, 2.45) is 11.8 Å². The molecule has 1 aliphatic carbocycles. The molecule has 2 unspecified atom stereocenters. The van der Waals surface area contributed by atoms with Crippen LogP contribution in [0.2, 0.25) is 5.15 Å². The van der Waals surface area contributed by atoms with Crippen LogP contribution >= 0.6 is 11.6 Å². The number of aryl methyl sites for hydroxylation is 1. The standard InChI is InChI=1S/C28H31ClN6O2/c1-16-11-20(17(2)31-21-9-10-24(29)33-26(21)28(36)37)25-22(12-16)32-23(13-30)27(34-25)35-14-18-7-5-3-4-6-8-19(18)15-35/h9-12,17-19,31H,3-8,14-15H2,1-2H3,(H,36,37)/t17-,18?,19?/m1/s1. The molecule has 2 fully saturated rings. The van der Waals surface area contributed by atoms with Gasteiger partial charge in [-0.2, -0.15) is 5.26 Å². The lowest BCUT2D eigenvalue weighted by molar-refractivity contribution is 0.0691. The second kappa shape index (κ2) is 10.5. The van der Waals surface area contributed by atoms with E-state index < -0.39 is 5.97 Å². The number of rotatable bonds is 5. The number of hydrogen-bond donors (Lipinski definition) is 2. The molecule has 0 bridgehead atoms. The first-order chi connectivity index (χ1) is 17.8. The van der Waals surface area contributed by atoms with Crippen molar-refractivity contribution < 1.29 is 9.90 Å². The molecule has 8 nitrogen and oxygen atoms in total. The molecule has 0 amide bonds. The molecular weight excluding hydrogens is 488 g/mol. The number of aromatic carboxylic acids is 1. The molecule has 0 spiro atoms. The Balaban J connectivity index is 1.53. The van der Waals surface area contributed by atoms with Crippen molar-refractivity contribution in [2.75, 3.05) is 23.3 Å². The molecule has 3 aromatic rings. The molecule has 1 saturated carbocycles. The van der Waals surface area contributed by atoms with E-state index in [1.54, 1.807) is 12.1 Å². The number of halogens is 1. The Kier molecular flexibility index (Phi) is 7.16. The van der Waals surface area contributed by atoms with Gasteiger partial charge in [-0.25, -0.2) is 19.7 Å². The lowest BCUT2D eigenvalue weighted by Gasteiger charge is -2.22. The largest absolute Gasteiger partial charge is 0.476 e. The van der Waals surface area contributed by atoms with Crippen molar-refractivity contribution in [2.45, 2.75) is 58.4 Å². The maximum atomic E-state index is 11.8. The van der Waals surface area contributed by atoms with E-state index >= 15 is 0 Å². The van der Waals surface area contributed by atoms with Crippen LogP contribution < -0.4 is 10.2 Å². The topological polar surface area (TPSA) is 115 Å². The quantitative estimate of drug-likeness (QED) is 0.387. The minimum absolute atomic E-state index is 0.119. The Morgan fingerprint density at radius 3 is 2.49 bits per heavy atom. The smallest absolute Gasteiger partial charge is 0.356 e. The van der Waals surface area contributed by atoms with Crippen LogP contribution in [0.1, 0.15) is 78.8 Å². The first kappa shape index (κ1) is 25.2. The van der Waals surface area contributed by atoms with E-state index in [1.165, 1.54) is 38.5 Å². The van der Waals surface area contributed by atoms with E-state index in [-0.39, 0.29) is 16.9 Å². The minimum atomic E-state index is -1.16. The van der Waals surface area contributed by atoms with Crippen molar-refractivity contribution in [1.82, 2.24) is 15.0 Å². The summed E-state index contributed by atoms with van der Waals surface area (Å²) < 4.78 is 0. The highest BCUT2D eigenvalue weighted by atomic mass is 35.5. The number of nitriles is 1. The van der Waals surface area contributed by atoms with E-state index in [0.717, 1.165) is 24.2 Å². The molecule has 1 aliphatic heterocycles. The molecular formula is C28H31ClN6O2. The second-order valence-corrected chi connectivity index (χ2v) is 10.7. The van der Waals surface area contributed by atoms with E-state index in [9.17, 15) is 15.2 Å². The summed E-state index contributed by atoms with van der Waals surface area (Å²) in [5.41, 5.74) is 3.82. The number of carboxylic acid groups (broad SMARTS) is 1. The van der Waals surface area contributed by atoms with Crippen LogP contribution in [0, 0.1) is 30.1 Å². The summed E-state index contributed by atoms with van der Waals surface area (Å²) in [6.07, 6.45) is 7.63. The fraction of sp³-hybridized carbons (Fsp3) is 0.464. The zero-order valence-corrected chi connectivity index (χ0v) is 21.9. The van der Waals surface area contributed by atoms with Gasteiger partial charge in [-0.1, -0.05) is 43.4 Å². The van der Waals surface area contributed by atoms with Crippen LogP contribution in [0.3, 0.4) is 0 Å². The molecule has 3 heterocycles. The van der Waals surface area contributed by atoms with Crippen LogP contribution in [0.5, 0.6) is 0 Å². The highest BCUT2D eigenvalue weighted by Gasteiger charge is 2.35. The average molecular weight is 519 g/mol. The van der Waals surface area contributed by atoms with Crippen LogP contribution in [0.4, 0.5) is 11.5 Å². The average Bonchev–Trinajstić information content (AvgIpc) is 3.25.